The molecular weight excluding hydrogens is 677 g/mol. The van der Waals surface area contributed by atoms with Crippen molar-refractivity contribution in [2.24, 2.45) is 10.7 Å². The van der Waals surface area contributed by atoms with Gasteiger partial charge in [0.2, 0.25) is 0 Å². The topological polar surface area (TPSA) is 89.1 Å². The maximum absolute atomic E-state index is 5.86. The number of nitrogens with zero attached hydrogens (tertiary/aromatic N) is 4. The van der Waals surface area contributed by atoms with Gasteiger partial charge in [0.25, 0.3) is 0 Å². The molecule has 252 valence electrons. The molecule has 52 heavy (non-hydrogen) atoms. The van der Waals surface area contributed by atoms with Crippen molar-refractivity contribution in [3.63, 3.8) is 0 Å². The number of nitrogens with one attached hydrogen (secondary N) is 1. The zero-order valence-corrected chi connectivity index (χ0v) is 30.1. The number of allylic oxidation sites excluding steroid dienone is 7. The van der Waals surface area contributed by atoms with Crippen molar-refractivity contribution in [1.82, 2.24) is 20.3 Å². The highest BCUT2D eigenvalue weighted by molar-refractivity contribution is 8.03. The number of aromatic nitrogens is 3. The minimum absolute atomic E-state index is 0.139. The Morgan fingerprint density at radius 1 is 0.865 bits per heavy atom. The number of rotatable bonds is 6. The second-order valence-electron chi connectivity index (χ2n) is 12.8. The van der Waals surface area contributed by atoms with Gasteiger partial charge < -0.3 is 11.1 Å². The van der Waals surface area contributed by atoms with E-state index in [1.165, 1.54) is 52.6 Å². The summed E-state index contributed by atoms with van der Waals surface area (Å²) in [6.07, 6.45) is 20.2. The first-order valence-electron chi connectivity index (χ1n) is 17.3. The molecule has 1 unspecified atom stereocenters. The molecular formula is C44H34N6S2. The number of thiophene rings is 1. The van der Waals surface area contributed by atoms with E-state index < -0.39 is 0 Å². The lowest BCUT2D eigenvalue weighted by molar-refractivity contribution is 0.923. The number of aliphatic imine (C=N–C) groups is 1. The molecule has 8 heteroatoms. The molecule has 4 aromatic carbocycles. The highest BCUT2D eigenvalue weighted by Gasteiger charge is 2.24. The average molecular weight is 711 g/mol. The molecule has 1 aliphatic heterocycles. The van der Waals surface area contributed by atoms with E-state index in [-0.39, 0.29) is 5.92 Å². The van der Waals surface area contributed by atoms with Gasteiger partial charge in [-0.3, -0.25) is 4.99 Å². The molecule has 0 amide bonds. The van der Waals surface area contributed by atoms with Crippen LogP contribution in [0.4, 0.5) is 0 Å². The fraction of sp³-hybridized carbons (Fsp3) is 0.0909. The summed E-state index contributed by atoms with van der Waals surface area (Å²) in [4.78, 5) is 21.3. The monoisotopic (exact) mass is 710 g/mol. The predicted octanol–water partition coefficient (Wildman–Crippen LogP) is 9.99. The normalized spacial score (nSPS) is 16.3. The zero-order valence-electron chi connectivity index (χ0n) is 28.5. The maximum Gasteiger partial charge on any atom is 0.163 e. The van der Waals surface area contributed by atoms with Crippen LogP contribution in [-0.2, 0) is 0 Å². The number of hydrogen-bond acceptors (Lipinski definition) is 7. The first-order valence-corrected chi connectivity index (χ1v) is 18.9. The molecule has 3 heterocycles. The lowest BCUT2D eigenvalue weighted by atomic mass is 9.90. The van der Waals surface area contributed by atoms with E-state index in [0.717, 1.165) is 40.1 Å². The summed E-state index contributed by atoms with van der Waals surface area (Å²) in [7, 11) is 1.80. The summed E-state index contributed by atoms with van der Waals surface area (Å²) in [6, 6.07) is 30.5. The van der Waals surface area contributed by atoms with Gasteiger partial charge in [0, 0.05) is 54.4 Å². The SMILES string of the molecule is CN=C(NCN)c1ccccc1C1=CC2C=C(C=C1)Sc1ccc(C3=Cc4c(sc5ccc(-c6ccccc6-c6ncncn6)cc45)C=CC3)cc12. The van der Waals surface area contributed by atoms with Crippen LogP contribution in [0, 0.1) is 0 Å². The molecule has 3 aliphatic rings. The molecule has 2 bridgehead atoms. The van der Waals surface area contributed by atoms with Crippen molar-refractivity contribution in [1.29, 1.82) is 0 Å². The zero-order chi connectivity index (χ0) is 35.0. The van der Waals surface area contributed by atoms with Crippen LogP contribution in [0.15, 0.2) is 143 Å². The molecule has 0 spiro atoms. The first-order chi connectivity index (χ1) is 25.7. The second kappa shape index (κ2) is 13.8. The molecule has 9 rings (SSSR count). The lowest BCUT2D eigenvalue weighted by Crippen LogP contribution is -2.30. The van der Waals surface area contributed by atoms with E-state index in [1.54, 1.807) is 19.7 Å². The molecule has 3 N–H and O–H groups in total. The highest BCUT2D eigenvalue weighted by Crippen LogP contribution is 2.47. The molecule has 0 fully saturated rings. The standard InChI is InChI=1S/C44H34N6S2/c1-46-43(48-24-45)35-10-4-2-8-33(35)29-13-16-32-20-31(19-29)37-21-28(14-17-41(37)51-32)27-7-6-12-40-38(22-27)39-23-30(15-18-42(39)52-40)34-9-3-5-11-36(34)44-49-25-47-26-50-44/h2-6,8-23,25-26,31H,7,24,45H2,1H3,(H,46,48). The Labute approximate surface area is 311 Å². The molecule has 0 radical (unpaired) electrons. The van der Waals surface area contributed by atoms with Crippen molar-refractivity contribution in [2.75, 3.05) is 13.7 Å². The van der Waals surface area contributed by atoms with Crippen LogP contribution in [0.2, 0.25) is 0 Å². The molecule has 6 nitrogen and oxygen atoms in total. The summed E-state index contributed by atoms with van der Waals surface area (Å²) >= 11 is 3.69. The second-order valence-corrected chi connectivity index (χ2v) is 15.0. The van der Waals surface area contributed by atoms with E-state index in [0.29, 0.717) is 12.5 Å². The fourth-order valence-corrected chi connectivity index (χ4v) is 9.45. The number of benzene rings is 4. The van der Waals surface area contributed by atoms with Gasteiger partial charge in [-0.2, -0.15) is 0 Å². The van der Waals surface area contributed by atoms with Gasteiger partial charge in [-0.05, 0) is 87.9 Å². The van der Waals surface area contributed by atoms with E-state index in [4.69, 9.17) is 5.73 Å². The molecule has 2 aliphatic carbocycles. The van der Waals surface area contributed by atoms with Crippen molar-refractivity contribution < 1.29 is 0 Å². The van der Waals surface area contributed by atoms with Crippen LogP contribution >= 0.6 is 23.1 Å². The van der Waals surface area contributed by atoms with Crippen LogP contribution in [-0.4, -0.2) is 34.5 Å². The van der Waals surface area contributed by atoms with Crippen molar-refractivity contribution in [2.45, 2.75) is 17.2 Å². The number of nitrogens with two attached hydrogens (primary N) is 1. The number of amidine groups is 1. The number of fused-ring (bicyclic) bond motifs is 6. The summed E-state index contributed by atoms with van der Waals surface area (Å²) < 4.78 is 1.27. The Kier molecular flexibility index (Phi) is 8.56. The van der Waals surface area contributed by atoms with E-state index in [2.05, 4.69) is 141 Å². The third kappa shape index (κ3) is 5.94. The summed E-state index contributed by atoms with van der Waals surface area (Å²) in [5.74, 6) is 1.60. The molecule has 0 saturated heterocycles. The number of hydrogen-bond donors (Lipinski definition) is 2. The van der Waals surface area contributed by atoms with Crippen LogP contribution in [0.5, 0.6) is 0 Å². The minimum Gasteiger partial charge on any atom is -0.358 e. The maximum atomic E-state index is 5.86. The first kappa shape index (κ1) is 32.3. The predicted molar refractivity (Wildman–Crippen MR) is 219 cm³/mol. The van der Waals surface area contributed by atoms with Gasteiger partial charge in [0.15, 0.2) is 5.82 Å². The molecule has 6 aromatic rings. The quantitative estimate of drug-likeness (QED) is 0.102. The lowest BCUT2D eigenvalue weighted by Gasteiger charge is -2.22. The van der Waals surface area contributed by atoms with Crippen LogP contribution in [0.25, 0.3) is 55.9 Å². The van der Waals surface area contributed by atoms with Gasteiger partial charge in [0.05, 0.1) is 6.67 Å². The van der Waals surface area contributed by atoms with E-state index >= 15 is 0 Å². The van der Waals surface area contributed by atoms with Crippen LogP contribution in [0.3, 0.4) is 0 Å². The molecule has 0 saturated carbocycles. The van der Waals surface area contributed by atoms with Gasteiger partial charge in [-0.15, -0.1) is 11.3 Å². The van der Waals surface area contributed by atoms with Gasteiger partial charge in [0.1, 0.15) is 18.5 Å². The fourth-order valence-electron chi connectivity index (χ4n) is 7.30. The van der Waals surface area contributed by atoms with Gasteiger partial charge in [-0.1, -0.05) is 96.7 Å². The van der Waals surface area contributed by atoms with Crippen molar-refractivity contribution in [3.05, 3.63) is 166 Å². The van der Waals surface area contributed by atoms with Crippen LogP contribution in [0.1, 0.15) is 45.0 Å². The van der Waals surface area contributed by atoms with E-state index in [1.807, 2.05) is 35.2 Å². The Bertz CT molecular complexity index is 2560. The smallest absolute Gasteiger partial charge is 0.163 e. The largest absolute Gasteiger partial charge is 0.358 e. The van der Waals surface area contributed by atoms with Crippen molar-refractivity contribution in [3.8, 4) is 22.5 Å². The van der Waals surface area contributed by atoms with Crippen LogP contribution < -0.4 is 11.1 Å². The van der Waals surface area contributed by atoms with Crippen molar-refractivity contribution >= 4 is 62.3 Å². The minimum atomic E-state index is 0.139. The van der Waals surface area contributed by atoms with Gasteiger partial charge in [-0.25, -0.2) is 15.0 Å². The van der Waals surface area contributed by atoms with Gasteiger partial charge >= 0.3 is 0 Å². The summed E-state index contributed by atoms with van der Waals surface area (Å²) in [5, 5.41) is 4.49. The molecule has 1 atom stereocenters. The highest BCUT2D eigenvalue weighted by atomic mass is 32.2. The average Bonchev–Trinajstić information content (AvgIpc) is 3.30. The summed E-state index contributed by atoms with van der Waals surface area (Å²) in [6.45, 7) is 0.321. The third-order valence-electron chi connectivity index (χ3n) is 9.74. The summed E-state index contributed by atoms with van der Waals surface area (Å²) in [5.41, 5.74) is 17.6. The Morgan fingerprint density at radius 3 is 2.52 bits per heavy atom. The Morgan fingerprint density at radius 2 is 1.67 bits per heavy atom. The third-order valence-corrected chi connectivity index (χ3v) is 12.0. The Balaban J connectivity index is 1.10. The molecule has 2 aromatic heterocycles. The van der Waals surface area contributed by atoms with E-state index in [9.17, 15) is 0 Å². The number of thioether (sulfide) groups is 1. The Hall–Kier alpha value is -5.67.